The van der Waals surface area contributed by atoms with Gasteiger partial charge in [-0.25, -0.2) is 0 Å². The van der Waals surface area contributed by atoms with Crippen LogP contribution in [0.1, 0.15) is 16.7 Å². The Bertz CT molecular complexity index is 475. The van der Waals surface area contributed by atoms with E-state index >= 15 is 0 Å². The largest absolute Gasteiger partial charge is 0.399 e. The number of anilines is 1. The van der Waals surface area contributed by atoms with Crippen molar-refractivity contribution >= 4 is 5.69 Å². The molecule has 2 aromatic rings. The third-order valence-electron chi connectivity index (χ3n) is 2.31. The summed E-state index contributed by atoms with van der Waals surface area (Å²) in [6, 6.07) is 15.8. The normalized spacial score (nSPS) is 9.31. The molecule has 0 radical (unpaired) electrons. The maximum Gasteiger partial charge on any atom is 0.0314 e. The highest BCUT2D eigenvalue weighted by Crippen LogP contribution is 2.05. The molecule has 16 heavy (non-hydrogen) atoms. The Labute approximate surface area is 95.9 Å². The minimum absolute atomic E-state index is 0.765. The fourth-order valence-corrected chi connectivity index (χ4v) is 1.35. The van der Waals surface area contributed by atoms with Crippen LogP contribution in [0.4, 0.5) is 5.69 Å². The highest BCUT2D eigenvalue weighted by molar-refractivity contribution is 5.47. The molecule has 0 heterocycles. The first-order valence-electron chi connectivity index (χ1n) is 5.18. The first kappa shape index (κ1) is 10.3. The summed E-state index contributed by atoms with van der Waals surface area (Å²) < 4.78 is 0. The maximum atomic E-state index is 5.60. The molecule has 0 fully saturated rings. The van der Waals surface area contributed by atoms with E-state index in [1.807, 2.05) is 36.4 Å². The van der Waals surface area contributed by atoms with Crippen LogP contribution in [0.3, 0.4) is 0 Å². The molecule has 78 valence electrons. The predicted octanol–water partition coefficient (Wildman–Crippen LogP) is 2.98. The van der Waals surface area contributed by atoms with Crippen LogP contribution >= 0.6 is 0 Å². The van der Waals surface area contributed by atoms with Gasteiger partial charge in [0, 0.05) is 16.8 Å². The molecular formula is C15H13N. The molecular weight excluding hydrogens is 194 g/mol. The Morgan fingerprint density at radius 1 is 0.750 bits per heavy atom. The van der Waals surface area contributed by atoms with Crippen LogP contribution < -0.4 is 5.73 Å². The summed E-state index contributed by atoms with van der Waals surface area (Å²) in [5.41, 5.74) is 9.63. The zero-order valence-corrected chi connectivity index (χ0v) is 9.20. The van der Waals surface area contributed by atoms with E-state index in [1.165, 1.54) is 5.56 Å². The molecule has 0 aromatic heterocycles. The fraction of sp³-hybridized carbons (Fsp3) is 0.0667. The van der Waals surface area contributed by atoms with Gasteiger partial charge in [-0.2, -0.15) is 0 Å². The van der Waals surface area contributed by atoms with Crippen LogP contribution in [0.25, 0.3) is 0 Å². The summed E-state index contributed by atoms with van der Waals surface area (Å²) in [7, 11) is 0. The summed E-state index contributed by atoms with van der Waals surface area (Å²) in [5, 5.41) is 0. The van der Waals surface area contributed by atoms with Gasteiger partial charge >= 0.3 is 0 Å². The number of nitrogen functional groups attached to an aromatic ring is 1. The van der Waals surface area contributed by atoms with Crippen molar-refractivity contribution in [3.05, 3.63) is 65.2 Å². The lowest BCUT2D eigenvalue weighted by Gasteiger charge is -1.93. The van der Waals surface area contributed by atoms with Gasteiger partial charge in [0.2, 0.25) is 0 Å². The maximum absolute atomic E-state index is 5.60. The van der Waals surface area contributed by atoms with Crippen molar-refractivity contribution in [2.24, 2.45) is 0 Å². The van der Waals surface area contributed by atoms with E-state index in [0.29, 0.717) is 0 Å². The average Bonchev–Trinajstić information content (AvgIpc) is 2.30. The number of aryl methyl sites for hydroxylation is 1. The minimum atomic E-state index is 0.765. The van der Waals surface area contributed by atoms with Gasteiger partial charge in [-0.1, -0.05) is 29.5 Å². The van der Waals surface area contributed by atoms with Gasteiger partial charge < -0.3 is 5.73 Å². The van der Waals surface area contributed by atoms with Crippen molar-refractivity contribution in [2.45, 2.75) is 6.92 Å². The minimum Gasteiger partial charge on any atom is -0.399 e. The Hall–Kier alpha value is -2.20. The lowest BCUT2D eigenvalue weighted by atomic mass is 10.1. The van der Waals surface area contributed by atoms with E-state index in [1.54, 1.807) is 0 Å². The Morgan fingerprint density at radius 2 is 1.19 bits per heavy atom. The van der Waals surface area contributed by atoms with E-state index in [2.05, 4.69) is 30.9 Å². The van der Waals surface area contributed by atoms with Crippen LogP contribution in [0.15, 0.2) is 48.5 Å². The zero-order valence-electron chi connectivity index (χ0n) is 9.20. The van der Waals surface area contributed by atoms with E-state index < -0.39 is 0 Å². The van der Waals surface area contributed by atoms with E-state index in [9.17, 15) is 0 Å². The molecule has 0 aliphatic carbocycles. The highest BCUT2D eigenvalue weighted by Gasteiger charge is 1.88. The third kappa shape index (κ3) is 2.65. The van der Waals surface area contributed by atoms with Gasteiger partial charge in [-0.05, 0) is 43.3 Å². The summed E-state index contributed by atoms with van der Waals surface area (Å²) in [6.45, 7) is 2.07. The molecule has 0 unspecified atom stereocenters. The summed E-state index contributed by atoms with van der Waals surface area (Å²) >= 11 is 0. The van der Waals surface area contributed by atoms with Gasteiger partial charge in [0.05, 0.1) is 0 Å². The Morgan fingerprint density at radius 3 is 1.69 bits per heavy atom. The summed E-state index contributed by atoms with van der Waals surface area (Å²) in [5.74, 6) is 6.22. The monoisotopic (exact) mass is 207 g/mol. The first-order valence-corrected chi connectivity index (χ1v) is 5.18. The number of hydrogen-bond donors (Lipinski definition) is 1. The van der Waals surface area contributed by atoms with Crippen LogP contribution in [-0.4, -0.2) is 0 Å². The molecule has 2 rings (SSSR count). The molecule has 0 aliphatic heterocycles. The van der Waals surface area contributed by atoms with Crippen LogP contribution in [0.2, 0.25) is 0 Å². The van der Waals surface area contributed by atoms with Crippen molar-refractivity contribution in [1.82, 2.24) is 0 Å². The SMILES string of the molecule is Cc1ccc(C#Cc2ccc(N)cc2)cc1. The Balaban J connectivity index is 2.21. The van der Waals surface area contributed by atoms with Gasteiger partial charge in [-0.3, -0.25) is 0 Å². The molecule has 1 nitrogen and oxygen atoms in total. The second kappa shape index (κ2) is 4.55. The van der Waals surface area contributed by atoms with Gasteiger partial charge in [0.1, 0.15) is 0 Å². The topological polar surface area (TPSA) is 26.0 Å². The lowest BCUT2D eigenvalue weighted by Crippen LogP contribution is -1.83. The van der Waals surface area contributed by atoms with Crippen molar-refractivity contribution in [3.63, 3.8) is 0 Å². The van der Waals surface area contributed by atoms with Crippen molar-refractivity contribution in [3.8, 4) is 11.8 Å². The fourth-order valence-electron chi connectivity index (χ4n) is 1.35. The van der Waals surface area contributed by atoms with E-state index in [-0.39, 0.29) is 0 Å². The average molecular weight is 207 g/mol. The Kier molecular flexibility index (Phi) is 2.93. The van der Waals surface area contributed by atoms with Crippen LogP contribution in [-0.2, 0) is 0 Å². The number of benzene rings is 2. The van der Waals surface area contributed by atoms with Gasteiger partial charge in [0.25, 0.3) is 0 Å². The standard InChI is InChI=1S/C15H13N/c1-12-2-4-13(5-3-12)6-7-14-8-10-15(16)11-9-14/h2-5,8-11H,16H2,1H3. The van der Waals surface area contributed by atoms with Gasteiger partial charge in [-0.15, -0.1) is 0 Å². The number of rotatable bonds is 0. The number of nitrogens with two attached hydrogens (primary N) is 1. The molecule has 2 aromatic carbocycles. The van der Waals surface area contributed by atoms with E-state index in [4.69, 9.17) is 5.73 Å². The molecule has 0 spiro atoms. The molecule has 0 bridgehead atoms. The molecule has 0 saturated heterocycles. The lowest BCUT2D eigenvalue weighted by molar-refractivity contribution is 1.46. The second-order valence-electron chi connectivity index (χ2n) is 3.74. The summed E-state index contributed by atoms with van der Waals surface area (Å²) in [4.78, 5) is 0. The number of hydrogen-bond acceptors (Lipinski definition) is 1. The van der Waals surface area contributed by atoms with Crippen molar-refractivity contribution in [2.75, 3.05) is 5.73 Å². The zero-order chi connectivity index (χ0) is 11.4. The molecule has 1 heteroatoms. The second-order valence-corrected chi connectivity index (χ2v) is 3.74. The van der Waals surface area contributed by atoms with Gasteiger partial charge in [0.15, 0.2) is 0 Å². The van der Waals surface area contributed by atoms with Crippen LogP contribution in [0.5, 0.6) is 0 Å². The smallest absolute Gasteiger partial charge is 0.0314 e. The van der Waals surface area contributed by atoms with E-state index in [0.717, 1.165) is 16.8 Å². The molecule has 2 N–H and O–H groups in total. The molecule has 0 saturated carbocycles. The first-order chi connectivity index (χ1) is 7.74. The predicted molar refractivity (Wildman–Crippen MR) is 68.0 cm³/mol. The highest BCUT2D eigenvalue weighted by atomic mass is 14.5. The molecule has 0 atom stereocenters. The van der Waals surface area contributed by atoms with Crippen molar-refractivity contribution < 1.29 is 0 Å². The van der Waals surface area contributed by atoms with Crippen molar-refractivity contribution in [1.29, 1.82) is 0 Å². The molecule has 0 aliphatic rings. The quantitative estimate of drug-likeness (QED) is 0.521. The molecule has 0 amide bonds. The summed E-state index contributed by atoms with van der Waals surface area (Å²) in [6.07, 6.45) is 0. The van der Waals surface area contributed by atoms with Crippen LogP contribution in [0, 0.1) is 18.8 Å². The third-order valence-corrected chi connectivity index (χ3v) is 2.31.